The van der Waals surface area contributed by atoms with Crippen molar-refractivity contribution in [3.63, 3.8) is 0 Å². The Morgan fingerprint density at radius 1 is 1.60 bits per heavy atom. The minimum Gasteiger partial charge on any atom is -0.381 e. The van der Waals surface area contributed by atoms with E-state index in [0.29, 0.717) is 0 Å². The summed E-state index contributed by atoms with van der Waals surface area (Å²) in [6.45, 7) is 0. The van der Waals surface area contributed by atoms with Gasteiger partial charge in [0.25, 0.3) is 0 Å². The van der Waals surface area contributed by atoms with Crippen LogP contribution in [0.4, 0.5) is 0 Å². The van der Waals surface area contributed by atoms with Gasteiger partial charge in [0, 0.05) is 7.11 Å². The first-order valence-electron chi connectivity index (χ1n) is 3.48. The number of carbonyl (C=O) groups excluding carboxylic acids is 1. The monoisotopic (exact) mass is 162 g/mol. The smallest absolute Gasteiger partial charge is 0.227 e. The molecule has 1 fully saturated rings. The number of rotatable bonds is 2. The molecular weight excluding hydrogens is 152 g/mol. The van der Waals surface area contributed by atoms with Crippen LogP contribution in [0.5, 0.6) is 0 Å². The molecule has 1 rings (SSSR count). The highest BCUT2D eigenvalue weighted by Gasteiger charge is 2.31. The van der Waals surface area contributed by atoms with Gasteiger partial charge in [0.2, 0.25) is 5.24 Å². The van der Waals surface area contributed by atoms with Gasteiger partial charge in [-0.1, -0.05) is 0 Å². The number of ether oxygens (including phenoxy) is 1. The van der Waals surface area contributed by atoms with Gasteiger partial charge in [0.1, 0.15) is 0 Å². The fourth-order valence-corrected chi connectivity index (χ4v) is 1.72. The average molecular weight is 163 g/mol. The average Bonchev–Trinajstić information content (AvgIpc) is 2.33. The SMILES string of the molecule is CO[C@H]1CCC[C@@H]1C(=O)Cl. The Morgan fingerprint density at radius 2 is 2.30 bits per heavy atom. The molecule has 0 aromatic heterocycles. The minimum absolute atomic E-state index is 0.0494. The quantitative estimate of drug-likeness (QED) is 0.577. The molecule has 1 saturated carbocycles. The van der Waals surface area contributed by atoms with Crippen LogP contribution in [-0.2, 0) is 9.53 Å². The lowest BCUT2D eigenvalue weighted by atomic mass is 10.1. The van der Waals surface area contributed by atoms with E-state index in [2.05, 4.69) is 0 Å². The van der Waals surface area contributed by atoms with Crippen LogP contribution in [0.2, 0.25) is 0 Å². The Balaban J connectivity index is 2.50. The number of carbonyl (C=O) groups is 1. The number of methoxy groups -OCH3 is 1. The van der Waals surface area contributed by atoms with Crippen molar-refractivity contribution < 1.29 is 9.53 Å². The maximum atomic E-state index is 10.7. The summed E-state index contributed by atoms with van der Waals surface area (Å²) in [6.07, 6.45) is 2.99. The van der Waals surface area contributed by atoms with Crippen molar-refractivity contribution in [1.29, 1.82) is 0 Å². The molecule has 0 aromatic carbocycles. The van der Waals surface area contributed by atoms with Gasteiger partial charge in [-0.2, -0.15) is 0 Å². The van der Waals surface area contributed by atoms with E-state index in [1.165, 1.54) is 0 Å². The summed E-state index contributed by atoms with van der Waals surface area (Å²) in [6, 6.07) is 0. The zero-order chi connectivity index (χ0) is 7.56. The summed E-state index contributed by atoms with van der Waals surface area (Å²) in [5.74, 6) is -0.0494. The molecule has 0 unspecified atom stereocenters. The van der Waals surface area contributed by atoms with Gasteiger partial charge in [0.15, 0.2) is 0 Å². The van der Waals surface area contributed by atoms with Crippen LogP contribution < -0.4 is 0 Å². The third kappa shape index (κ3) is 1.50. The highest BCUT2D eigenvalue weighted by Crippen LogP contribution is 2.29. The molecule has 1 aliphatic carbocycles. The number of hydrogen-bond acceptors (Lipinski definition) is 2. The largest absolute Gasteiger partial charge is 0.381 e. The van der Waals surface area contributed by atoms with Gasteiger partial charge in [0.05, 0.1) is 12.0 Å². The summed E-state index contributed by atoms with van der Waals surface area (Å²) in [7, 11) is 1.63. The molecule has 0 saturated heterocycles. The summed E-state index contributed by atoms with van der Waals surface area (Å²) in [4.78, 5) is 10.7. The molecule has 58 valence electrons. The Hall–Kier alpha value is -0.0800. The molecule has 0 radical (unpaired) electrons. The number of halogens is 1. The molecule has 2 nitrogen and oxygen atoms in total. The van der Waals surface area contributed by atoms with Gasteiger partial charge in [-0.3, -0.25) is 4.79 Å². The predicted octanol–water partition coefficient (Wildman–Crippen LogP) is 1.57. The summed E-state index contributed by atoms with van der Waals surface area (Å²) in [5, 5.41) is -0.246. The molecule has 0 bridgehead atoms. The van der Waals surface area contributed by atoms with Crippen molar-refractivity contribution in [3.05, 3.63) is 0 Å². The second-order valence-corrected chi connectivity index (χ2v) is 2.99. The van der Waals surface area contributed by atoms with Crippen LogP contribution in [0.25, 0.3) is 0 Å². The zero-order valence-electron chi connectivity index (χ0n) is 5.97. The van der Waals surface area contributed by atoms with Crippen molar-refractivity contribution in [2.45, 2.75) is 25.4 Å². The van der Waals surface area contributed by atoms with Gasteiger partial charge in [-0.15, -0.1) is 0 Å². The third-order valence-corrected chi connectivity index (χ3v) is 2.33. The first-order chi connectivity index (χ1) is 4.75. The fourth-order valence-electron chi connectivity index (χ4n) is 1.47. The van der Waals surface area contributed by atoms with E-state index in [1.807, 2.05) is 0 Å². The molecule has 10 heavy (non-hydrogen) atoms. The standard InChI is InChI=1S/C7H11ClO2/c1-10-6-4-2-3-5(6)7(8)9/h5-6H,2-4H2,1H3/t5-,6-/m0/s1. The molecule has 0 amide bonds. The van der Waals surface area contributed by atoms with Crippen molar-refractivity contribution >= 4 is 16.8 Å². The van der Waals surface area contributed by atoms with Crippen LogP contribution in [0.1, 0.15) is 19.3 Å². The lowest BCUT2D eigenvalue weighted by molar-refractivity contribution is -0.118. The molecule has 2 atom stereocenters. The van der Waals surface area contributed by atoms with Crippen molar-refractivity contribution in [2.75, 3.05) is 7.11 Å². The normalized spacial score (nSPS) is 32.6. The van der Waals surface area contributed by atoms with E-state index in [9.17, 15) is 4.79 Å². The maximum absolute atomic E-state index is 10.7. The summed E-state index contributed by atoms with van der Waals surface area (Å²) >= 11 is 5.34. The Kier molecular flexibility index (Phi) is 2.69. The van der Waals surface area contributed by atoms with E-state index in [4.69, 9.17) is 16.3 Å². The van der Waals surface area contributed by atoms with Crippen LogP contribution in [0.15, 0.2) is 0 Å². The Morgan fingerprint density at radius 3 is 2.70 bits per heavy atom. The Bertz CT molecular complexity index is 136. The van der Waals surface area contributed by atoms with Crippen LogP contribution in [-0.4, -0.2) is 18.5 Å². The van der Waals surface area contributed by atoms with Crippen LogP contribution >= 0.6 is 11.6 Å². The van der Waals surface area contributed by atoms with E-state index in [-0.39, 0.29) is 17.3 Å². The van der Waals surface area contributed by atoms with Crippen LogP contribution in [0.3, 0.4) is 0 Å². The van der Waals surface area contributed by atoms with Gasteiger partial charge in [-0.05, 0) is 30.9 Å². The summed E-state index contributed by atoms with van der Waals surface area (Å²) < 4.78 is 5.08. The minimum atomic E-state index is -0.246. The van der Waals surface area contributed by atoms with Gasteiger partial charge in [-0.25, -0.2) is 0 Å². The topological polar surface area (TPSA) is 26.3 Å². The predicted molar refractivity (Wildman–Crippen MR) is 39.0 cm³/mol. The van der Waals surface area contributed by atoms with Crippen molar-refractivity contribution in [3.8, 4) is 0 Å². The van der Waals surface area contributed by atoms with E-state index in [1.54, 1.807) is 7.11 Å². The second-order valence-electron chi connectivity index (χ2n) is 2.62. The first kappa shape index (κ1) is 8.02. The molecule has 0 heterocycles. The molecule has 0 aliphatic heterocycles. The zero-order valence-corrected chi connectivity index (χ0v) is 6.73. The molecule has 0 spiro atoms. The Labute approximate surface area is 65.5 Å². The first-order valence-corrected chi connectivity index (χ1v) is 3.85. The van der Waals surface area contributed by atoms with Crippen LogP contribution in [0, 0.1) is 5.92 Å². The fraction of sp³-hybridized carbons (Fsp3) is 0.857. The highest BCUT2D eigenvalue weighted by atomic mass is 35.5. The van der Waals surface area contributed by atoms with Crippen molar-refractivity contribution in [2.24, 2.45) is 5.92 Å². The highest BCUT2D eigenvalue weighted by molar-refractivity contribution is 6.64. The molecular formula is C7H11ClO2. The van der Waals surface area contributed by atoms with E-state index < -0.39 is 0 Å². The maximum Gasteiger partial charge on any atom is 0.227 e. The van der Waals surface area contributed by atoms with E-state index in [0.717, 1.165) is 19.3 Å². The molecule has 3 heteroatoms. The van der Waals surface area contributed by atoms with Crippen molar-refractivity contribution in [1.82, 2.24) is 0 Å². The molecule has 0 N–H and O–H groups in total. The lowest BCUT2D eigenvalue weighted by Gasteiger charge is -2.12. The van der Waals surface area contributed by atoms with Gasteiger partial charge < -0.3 is 4.74 Å². The second kappa shape index (κ2) is 3.35. The summed E-state index contributed by atoms with van der Waals surface area (Å²) in [5.41, 5.74) is 0. The third-order valence-electron chi connectivity index (χ3n) is 2.05. The molecule has 0 aromatic rings. The van der Waals surface area contributed by atoms with Gasteiger partial charge >= 0.3 is 0 Å². The van der Waals surface area contributed by atoms with E-state index >= 15 is 0 Å². The lowest BCUT2D eigenvalue weighted by Crippen LogP contribution is -2.21. The molecule has 1 aliphatic rings. The number of hydrogen-bond donors (Lipinski definition) is 0.